The molecule has 0 unspecified atom stereocenters. The second kappa shape index (κ2) is 8.31. The Balaban J connectivity index is 1.83. The highest BCUT2D eigenvalue weighted by molar-refractivity contribution is 7.20. The van der Waals surface area contributed by atoms with Gasteiger partial charge in [-0.3, -0.25) is 9.36 Å². The number of methoxy groups -OCH3 is 1. The van der Waals surface area contributed by atoms with Crippen LogP contribution >= 0.6 is 11.3 Å². The van der Waals surface area contributed by atoms with E-state index in [-0.39, 0.29) is 16.4 Å². The van der Waals surface area contributed by atoms with Crippen LogP contribution in [0, 0.1) is 12.7 Å². The number of halogens is 1. The van der Waals surface area contributed by atoms with Crippen molar-refractivity contribution in [3.8, 4) is 33.8 Å². The molecule has 5 aromatic rings. The van der Waals surface area contributed by atoms with Gasteiger partial charge in [0.05, 0.1) is 28.6 Å². The standard InChI is InChI=1S/C26H19FN2O4S/c1-14-7-9-15(10-8-14)23(30)21-22(17-5-3-4-6-19(17)33-2)29(25(32)24(21)31)26-28-18-12-11-16(27)13-20(18)34-26/h3-13,31-32H,1-2H3. The molecule has 2 heterocycles. The van der Waals surface area contributed by atoms with Gasteiger partial charge in [0.2, 0.25) is 5.88 Å². The molecular formula is C26H19FN2O4S. The Kier molecular flexibility index (Phi) is 5.30. The maximum atomic E-state index is 13.8. The number of thiazole rings is 1. The lowest BCUT2D eigenvalue weighted by molar-refractivity contribution is 0.103. The van der Waals surface area contributed by atoms with Crippen LogP contribution in [0.2, 0.25) is 0 Å². The number of nitrogens with zero attached hydrogens (tertiary/aromatic N) is 2. The van der Waals surface area contributed by atoms with Crippen molar-refractivity contribution < 1.29 is 24.1 Å². The first-order valence-electron chi connectivity index (χ1n) is 10.4. The van der Waals surface area contributed by atoms with Gasteiger partial charge in [0.1, 0.15) is 11.6 Å². The van der Waals surface area contributed by atoms with Crippen LogP contribution in [-0.2, 0) is 0 Å². The van der Waals surface area contributed by atoms with Gasteiger partial charge in [0, 0.05) is 11.1 Å². The van der Waals surface area contributed by atoms with Crippen LogP contribution in [0.1, 0.15) is 21.5 Å². The summed E-state index contributed by atoms with van der Waals surface area (Å²) in [6.45, 7) is 1.91. The maximum absolute atomic E-state index is 13.8. The van der Waals surface area contributed by atoms with Crippen LogP contribution in [0.3, 0.4) is 0 Å². The van der Waals surface area contributed by atoms with E-state index in [0.717, 1.165) is 16.9 Å². The van der Waals surface area contributed by atoms with Crippen molar-refractivity contribution in [2.45, 2.75) is 6.92 Å². The quantitative estimate of drug-likeness (QED) is 0.312. The van der Waals surface area contributed by atoms with Gasteiger partial charge in [-0.25, -0.2) is 9.37 Å². The number of ketones is 1. The van der Waals surface area contributed by atoms with Crippen LogP contribution in [0.5, 0.6) is 17.4 Å². The maximum Gasteiger partial charge on any atom is 0.242 e. The van der Waals surface area contributed by atoms with E-state index in [9.17, 15) is 19.4 Å². The SMILES string of the molecule is COc1ccccc1-c1c(C(=O)c2ccc(C)cc2)c(O)c(O)n1-c1nc2ccc(F)cc2s1. The molecule has 34 heavy (non-hydrogen) atoms. The fourth-order valence-electron chi connectivity index (χ4n) is 3.88. The van der Waals surface area contributed by atoms with E-state index < -0.39 is 23.2 Å². The highest BCUT2D eigenvalue weighted by atomic mass is 32.1. The molecule has 0 spiro atoms. The van der Waals surface area contributed by atoms with Gasteiger partial charge in [-0.15, -0.1) is 0 Å². The molecule has 5 rings (SSSR count). The lowest BCUT2D eigenvalue weighted by atomic mass is 9.98. The molecule has 0 aliphatic rings. The van der Waals surface area contributed by atoms with Gasteiger partial charge in [0.25, 0.3) is 0 Å². The number of fused-ring (bicyclic) bond motifs is 1. The van der Waals surface area contributed by atoms with Crippen molar-refractivity contribution >= 4 is 27.3 Å². The van der Waals surface area contributed by atoms with Crippen molar-refractivity contribution in [1.29, 1.82) is 0 Å². The van der Waals surface area contributed by atoms with Crippen molar-refractivity contribution in [2.75, 3.05) is 7.11 Å². The minimum Gasteiger partial charge on any atom is -0.503 e. The van der Waals surface area contributed by atoms with E-state index >= 15 is 0 Å². The Morgan fingerprint density at radius 3 is 2.53 bits per heavy atom. The van der Waals surface area contributed by atoms with E-state index in [0.29, 0.717) is 27.1 Å². The second-order valence-electron chi connectivity index (χ2n) is 7.74. The highest BCUT2D eigenvalue weighted by Gasteiger charge is 2.32. The molecule has 3 aromatic carbocycles. The molecule has 0 fully saturated rings. The molecular weight excluding hydrogens is 455 g/mol. The summed E-state index contributed by atoms with van der Waals surface area (Å²) in [5.74, 6) is -1.57. The first-order valence-corrected chi connectivity index (χ1v) is 11.2. The Morgan fingerprint density at radius 2 is 1.79 bits per heavy atom. The molecule has 0 saturated carbocycles. The van der Waals surface area contributed by atoms with Crippen molar-refractivity contribution in [2.24, 2.45) is 0 Å². The molecule has 6 nitrogen and oxygen atoms in total. The zero-order valence-electron chi connectivity index (χ0n) is 18.2. The van der Waals surface area contributed by atoms with E-state index in [1.807, 2.05) is 6.92 Å². The third-order valence-corrected chi connectivity index (χ3v) is 6.56. The van der Waals surface area contributed by atoms with Gasteiger partial charge in [0.15, 0.2) is 16.7 Å². The van der Waals surface area contributed by atoms with Crippen LogP contribution in [0.4, 0.5) is 4.39 Å². The lowest BCUT2D eigenvalue weighted by Crippen LogP contribution is -2.05. The predicted octanol–water partition coefficient (Wildman–Crippen LogP) is 5.85. The number of para-hydroxylation sites is 1. The van der Waals surface area contributed by atoms with Crippen LogP contribution < -0.4 is 4.74 Å². The Hall–Kier alpha value is -4.17. The molecule has 2 aromatic heterocycles. The second-order valence-corrected chi connectivity index (χ2v) is 8.74. The Morgan fingerprint density at radius 1 is 1.06 bits per heavy atom. The summed E-state index contributed by atoms with van der Waals surface area (Å²) in [5.41, 5.74) is 2.45. The smallest absolute Gasteiger partial charge is 0.242 e. The number of hydrogen-bond donors (Lipinski definition) is 2. The molecule has 8 heteroatoms. The average molecular weight is 475 g/mol. The monoisotopic (exact) mass is 474 g/mol. The molecule has 0 atom stereocenters. The van der Waals surface area contributed by atoms with E-state index in [4.69, 9.17) is 4.74 Å². The highest BCUT2D eigenvalue weighted by Crippen LogP contribution is 2.47. The minimum atomic E-state index is -0.572. The molecule has 0 aliphatic heterocycles. The average Bonchev–Trinajstić information content (AvgIpc) is 3.36. The number of aryl methyl sites for hydroxylation is 1. The van der Waals surface area contributed by atoms with E-state index in [2.05, 4.69) is 4.98 Å². The Labute approximate surface area is 198 Å². The predicted molar refractivity (Wildman–Crippen MR) is 129 cm³/mol. The van der Waals surface area contributed by atoms with Gasteiger partial charge in [-0.05, 0) is 37.3 Å². The first-order chi connectivity index (χ1) is 16.4. The number of hydrogen-bond acceptors (Lipinski definition) is 6. The summed E-state index contributed by atoms with van der Waals surface area (Å²) in [6.07, 6.45) is 0. The molecule has 0 radical (unpaired) electrons. The molecule has 0 aliphatic carbocycles. The molecule has 170 valence electrons. The minimum absolute atomic E-state index is 0.0868. The summed E-state index contributed by atoms with van der Waals surface area (Å²) in [7, 11) is 1.49. The van der Waals surface area contributed by atoms with E-state index in [1.54, 1.807) is 48.5 Å². The van der Waals surface area contributed by atoms with Gasteiger partial charge in [-0.2, -0.15) is 0 Å². The topological polar surface area (TPSA) is 84.6 Å². The number of aromatic hydroxyl groups is 2. The fourth-order valence-corrected chi connectivity index (χ4v) is 4.87. The van der Waals surface area contributed by atoms with Crippen molar-refractivity contribution in [3.63, 3.8) is 0 Å². The fraction of sp³-hybridized carbons (Fsp3) is 0.0769. The van der Waals surface area contributed by atoms with Crippen molar-refractivity contribution in [3.05, 3.63) is 89.2 Å². The molecule has 0 saturated heterocycles. The van der Waals surface area contributed by atoms with Crippen molar-refractivity contribution in [1.82, 2.24) is 9.55 Å². The third kappa shape index (κ3) is 3.48. The molecule has 0 bridgehead atoms. The van der Waals surface area contributed by atoms with Gasteiger partial charge >= 0.3 is 0 Å². The third-order valence-electron chi connectivity index (χ3n) is 5.55. The largest absolute Gasteiger partial charge is 0.503 e. The first kappa shape index (κ1) is 21.7. The number of rotatable bonds is 5. The summed E-state index contributed by atoms with van der Waals surface area (Å²) >= 11 is 1.12. The number of benzene rings is 3. The zero-order valence-corrected chi connectivity index (χ0v) is 19.1. The van der Waals surface area contributed by atoms with Crippen LogP contribution in [-0.4, -0.2) is 32.7 Å². The number of carbonyl (C=O) groups excluding carboxylic acids is 1. The summed E-state index contributed by atoms with van der Waals surface area (Å²) in [6, 6.07) is 18.1. The van der Waals surface area contributed by atoms with Gasteiger partial charge < -0.3 is 14.9 Å². The summed E-state index contributed by atoms with van der Waals surface area (Å²) < 4.78 is 21.2. The van der Waals surface area contributed by atoms with Crippen LogP contribution in [0.25, 0.3) is 26.6 Å². The molecule has 0 amide bonds. The number of carbonyl (C=O) groups is 1. The van der Waals surface area contributed by atoms with Crippen LogP contribution in [0.15, 0.2) is 66.7 Å². The molecule has 2 N–H and O–H groups in total. The summed E-state index contributed by atoms with van der Waals surface area (Å²) in [4.78, 5) is 18.1. The summed E-state index contributed by atoms with van der Waals surface area (Å²) in [5, 5.41) is 22.2. The lowest BCUT2D eigenvalue weighted by Gasteiger charge is -2.13. The Bertz CT molecular complexity index is 1550. The number of aromatic nitrogens is 2. The van der Waals surface area contributed by atoms with E-state index in [1.165, 1.54) is 29.9 Å². The van der Waals surface area contributed by atoms with Gasteiger partial charge in [-0.1, -0.05) is 53.3 Å². The number of ether oxygens (including phenoxy) is 1. The zero-order chi connectivity index (χ0) is 24.0. The normalized spacial score (nSPS) is 11.1.